The van der Waals surface area contributed by atoms with Crippen LogP contribution in [0.5, 0.6) is 0 Å². The van der Waals surface area contributed by atoms with Crippen LogP contribution in [0.25, 0.3) is 0 Å². The Hall–Kier alpha value is -2.15. The highest BCUT2D eigenvalue weighted by molar-refractivity contribution is 9.10. The summed E-state index contributed by atoms with van der Waals surface area (Å²) >= 11 is 3.58. The van der Waals surface area contributed by atoms with Crippen LogP contribution in [0.4, 0.5) is 17.5 Å². The van der Waals surface area contributed by atoms with Crippen LogP contribution >= 0.6 is 15.9 Å². The first-order valence-electron chi connectivity index (χ1n) is 7.88. The highest BCUT2D eigenvalue weighted by Crippen LogP contribution is 2.27. The number of halogens is 1. The molecule has 0 bridgehead atoms. The number of benzene rings is 1. The van der Waals surface area contributed by atoms with Crippen molar-refractivity contribution in [1.82, 2.24) is 14.9 Å². The van der Waals surface area contributed by atoms with E-state index in [1.54, 1.807) is 4.90 Å². The minimum absolute atomic E-state index is 0.700. The zero-order chi connectivity index (χ0) is 17.1. The van der Waals surface area contributed by atoms with E-state index in [9.17, 15) is 4.79 Å². The van der Waals surface area contributed by atoms with E-state index >= 15 is 0 Å². The number of piperazine rings is 1. The molecule has 1 N–H and O–H groups in total. The molecule has 0 aliphatic carbocycles. The predicted octanol–water partition coefficient (Wildman–Crippen LogP) is 2.88. The molecule has 126 valence electrons. The van der Waals surface area contributed by atoms with E-state index in [0.29, 0.717) is 19.0 Å². The molecule has 7 heteroatoms. The number of nitrogens with one attached hydrogen (secondary N) is 1. The maximum absolute atomic E-state index is 10.8. The number of carbonyl (C=O) groups excluding carboxylic acids is 1. The van der Waals surface area contributed by atoms with Crippen molar-refractivity contribution < 1.29 is 4.79 Å². The van der Waals surface area contributed by atoms with Crippen LogP contribution in [0, 0.1) is 13.8 Å². The maximum atomic E-state index is 10.8. The number of carbonyl (C=O) groups is 1. The zero-order valence-corrected chi connectivity index (χ0v) is 15.4. The van der Waals surface area contributed by atoms with Crippen LogP contribution in [-0.4, -0.2) is 47.5 Å². The first-order valence-corrected chi connectivity index (χ1v) is 8.67. The Morgan fingerprint density at radius 3 is 2.54 bits per heavy atom. The highest BCUT2D eigenvalue weighted by atomic mass is 79.9. The number of hydrogen-bond acceptors (Lipinski definition) is 5. The van der Waals surface area contributed by atoms with Crippen LogP contribution < -0.4 is 10.2 Å². The third-order valence-electron chi connectivity index (χ3n) is 3.98. The van der Waals surface area contributed by atoms with E-state index in [4.69, 9.17) is 0 Å². The van der Waals surface area contributed by atoms with Crippen molar-refractivity contribution in [2.45, 2.75) is 13.8 Å². The lowest BCUT2D eigenvalue weighted by Gasteiger charge is -2.32. The second-order valence-electron chi connectivity index (χ2n) is 5.93. The molecule has 1 amide bonds. The standard InChI is InChI=1S/C17H20BrN5O/c1-12-3-4-15(14(18)9-12)20-16-10-13(2)19-17(21-16)23-7-5-22(11-24)6-8-23/h3-4,9-11H,5-8H2,1-2H3,(H,19,20,21). The number of hydrogen-bond donors (Lipinski definition) is 1. The average molecular weight is 390 g/mol. The fourth-order valence-corrected chi connectivity index (χ4v) is 3.24. The van der Waals surface area contributed by atoms with Gasteiger partial charge in [0.25, 0.3) is 0 Å². The van der Waals surface area contributed by atoms with Crippen LogP contribution in [0.15, 0.2) is 28.7 Å². The minimum atomic E-state index is 0.700. The Morgan fingerprint density at radius 2 is 1.88 bits per heavy atom. The molecule has 1 aliphatic rings. The van der Waals surface area contributed by atoms with Crippen molar-refractivity contribution >= 4 is 39.8 Å². The maximum Gasteiger partial charge on any atom is 0.227 e. The summed E-state index contributed by atoms with van der Waals surface area (Å²) in [5, 5.41) is 3.35. The summed E-state index contributed by atoms with van der Waals surface area (Å²) in [6, 6.07) is 8.08. The lowest BCUT2D eigenvalue weighted by atomic mass is 10.2. The van der Waals surface area contributed by atoms with Crippen molar-refractivity contribution in [3.8, 4) is 0 Å². The SMILES string of the molecule is Cc1ccc(Nc2cc(C)nc(N3CCN(C=O)CC3)n2)c(Br)c1. The molecule has 2 heterocycles. The van der Waals surface area contributed by atoms with Gasteiger partial charge in [-0.2, -0.15) is 4.98 Å². The van der Waals surface area contributed by atoms with E-state index in [0.717, 1.165) is 41.2 Å². The fourth-order valence-electron chi connectivity index (χ4n) is 2.65. The number of aryl methyl sites for hydroxylation is 2. The zero-order valence-electron chi connectivity index (χ0n) is 13.8. The molecule has 24 heavy (non-hydrogen) atoms. The van der Waals surface area contributed by atoms with Crippen LogP contribution in [0.1, 0.15) is 11.3 Å². The van der Waals surface area contributed by atoms with Crippen LogP contribution in [0.3, 0.4) is 0 Å². The van der Waals surface area contributed by atoms with Crippen LogP contribution in [-0.2, 0) is 4.79 Å². The van der Waals surface area contributed by atoms with E-state index in [-0.39, 0.29) is 0 Å². The molecule has 6 nitrogen and oxygen atoms in total. The fraction of sp³-hybridized carbons (Fsp3) is 0.353. The Kier molecular flexibility index (Phi) is 4.99. The van der Waals surface area contributed by atoms with Gasteiger partial charge in [0, 0.05) is 42.4 Å². The molecule has 2 aromatic rings. The van der Waals surface area contributed by atoms with Gasteiger partial charge in [-0.1, -0.05) is 6.07 Å². The van der Waals surface area contributed by atoms with Crippen molar-refractivity contribution in [3.05, 3.63) is 40.0 Å². The Morgan fingerprint density at radius 1 is 1.12 bits per heavy atom. The first kappa shape index (κ1) is 16.7. The third kappa shape index (κ3) is 3.84. The molecule has 3 rings (SSSR count). The van der Waals surface area contributed by atoms with Gasteiger partial charge in [0.1, 0.15) is 5.82 Å². The highest BCUT2D eigenvalue weighted by Gasteiger charge is 2.18. The topological polar surface area (TPSA) is 61.4 Å². The summed E-state index contributed by atoms with van der Waals surface area (Å²) in [5.41, 5.74) is 3.07. The summed E-state index contributed by atoms with van der Waals surface area (Å²) in [5.74, 6) is 1.46. The normalized spacial score (nSPS) is 14.6. The minimum Gasteiger partial charge on any atom is -0.342 e. The lowest BCUT2D eigenvalue weighted by Crippen LogP contribution is -2.46. The molecule has 0 saturated carbocycles. The first-order chi connectivity index (χ1) is 11.5. The molecule has 0 spiro atoms. The lowest BCUT2D eigenvalue weighted by molar-refractivity contribution is -0.118. The number of amides is 1. The summed E-state index contributed by atoms with van der Waals surface area (Å²) in [7, 11) is 0. The monoisotopic (exact) mass is 389 g/mol. The van der Waals surface area contributed by atoms with Gasteiger partial charge in [0.05, 0.1) is 5.69 Å². The smallest absolute Gasteiger partial charge is 0.227 e. The number of anilines is 3. The van der Waals surface area contributed by atoms with Gasteiger partial charge < -0.3 is 15.1 Å². The van der Waals surface area contributed by atoms with Crippen molar-refractivity contribution in [2.75, 3.05) is 36.4 Å². The van der Waals surface area contributed by atoms with E-state index in [1.165, 1.54) is 5.56 Å². The van der Waals surface area contributed by atoms with E-state index in [2.05, 4.69) is 55.2 Å². The average Bonchev–Trinajstić information content (AvgIpc) is 2.57. The van der Waals surface area contributed by atoms with Gasteiger partial charge in [-0.15, -0.1) is 0 Å². The van der Waals surface area contributed by atoms with Gasteiger partial charge >= 0.3 is 0 Å². The van der Waals surface area contributed by atoms with E-state index < -0.39 is 0 Å². The van der Waals surface area contributed by atoms with Crippen molar-refractivity contribution in [1.29, 1.82) is 0 Å². The molecular weight excluding hydrogens is 370 g/mol. The van der Waals surface area contributed by atoms with Gasteiger partial charge in [0.2, 0.25) is 12.4 Å². The summed E-state index contributed by atoms with van der Waals surface area (Å²) in [6.07, 6.45) is 0.899. The second kappa shape index (κ2) is 7.17. The summed E-state index contributed by atoms with van der Waals surface area (Å²) in [6.45, 7) is 6.91. The molecule has 1 saturated heterocycles. The van der Waals surface area contributed by atoms with Crippen molar-refractivity contribution in [3.63, 3.8) is 0 Å². The third-order valence-corrected chi connectivity index (χ3v) is 4.63. The van der Waals surface area contributed by atoms with Gasteiger partial charge in [-0.3, -0.25) is 4.79 Å². The molecule has 0 atom stereocenters. The number of nitrogens with zero attached hydrogens (tertiary/aromatic N) is 4. The molecule has 1 aromatic carbocycles. The number of aromatic nitrogens is 2. The molecular formula is C17H20BrN5O. The van der Waals surface area contributed by atoms with Crippen LogP contribution in [0.2, 0.25) is 0 Å². The Labute approximate surface area is 150 Å². The van der Waals surface area contributed by atoms with Gasteiger partial charge in [-0.05, 0) is 47.5 Å². The van der Waals surface area contributed by atoms with E-state index in [1.807, 2.05) is 19.1 Å². The molecule has 0 radical (unpaired) electrons. The predicted molar refractivity (Wildman–Crippen MR) is 98.8 cm³/mol. The summed E-state index contributed by atoms with van der Waals surface area (Å²) in [4.78, 5) is 23.9. The quantitative estimate of drug-likeness (QED) is 0.814. The Balaban J connectivity index is 1.80. The molecule has 1 aliphatic heterocycles. The molecule has 1 aromatic heterocycles. The summed E-state index contributed by atoms with van der Waals surface area (Å²) < 4.78 is 1.000. The second-order valence-corrected chi connectivity index (χ2v) is 6.79. The van der Waals surface area contributed by atoms with Gasteiger partial charge in [0.15, 0.2) is 0 Å². The molecule has 1 fully saturated rings. The Bertz CT molecular complexity index is 744. The van der Waals surface area contributed by atoms with Gasteiger partial charge in [-0.25, -0.2) is 4.98 Å². The van der Waals surface area contributed by atoms with Crippen molar-refractivity contribution in [2.24, 2.45) is 0 Å². The largest absolute Gasteiger partial charge is 0.342 e. The molecule has 0 unspecified atom stereocenters. The number of rotatable bonds is 4.